The van der Waals surface area contributed by atoms with Crippen molar-refractivity contribution in [1.82, 2.24) is 0 Å². The van der Waals surface area contributed by atoms with Crippen LogP contribution in [0.3, 0.4) is 0 Å². The van der Waals surface area contributed by atoms with Crippen LogP contribution < -0.4 is 9.47 Å². The monoisotopic (exact) mass is 324 g/mol. The molecular weight excluding hydrogens is 311 g/mol. The highest BCUT2D eigenvalue weighted by Crippen LogP contribution is 2.28. The van der Waals surface area contributed by atoms with Crippen LogP contribution in [0.2, 0.25) is 10.0 Å². The van der Waals surface area contributed by atoms with Crippen LogP contribution in [0.1, 0.15) is 15.9 Å². The van der Waals surface area contributed by atoms with Crippen molar-refractivity contribution in [1.29, 1.82) is 0 Å². The third-order valence-electron chi connectivity index (χ3n) is 2.91. The number of methoxy groups -OCH3 is 1. The SMILES string of the molecule is COc1cc(C)ccc1C(=O)COc1cc(Cl)ccc1Cl. The van der Waals surface area contributed by atoms with Gasteiger partial charge in [-0.2, -0.15) is 0 Å². The van der Waals surface area contributed by atoms with E-state index >= 15 is 0 Å². The van der Waals surface area contributed by atoms with Crippen LogP contribution in [-0.2, 0) is 0 Å². The summed E-state index contributed by atoms with van der Waals surface area (Å²) in [4.78, 5) is 12.2. The van der Waals surface area contributed by atoms with Gasteiger partial charge >= 0.3 is 0 Å². The summed E-state index contributed by atoms with van der Waals surface area (Å²) < 4.78 is 10.7. The van der Waals surface area contributed by atoms with Gasteiger partial charge in [0.05, 0.1) is 17.7 Å². The van der Waals surface area contributed by atoms with Gasteiger partial charge in [-0.05, 0) is 36.8 Å². The molecule has 0 bridgehead atoms. The van der Waals surface area contributed by atoms with Crippen LogP contribution in [0.25, 0.3) is 0 Å². The second kappa shape index (κ2) is 6.83. The van der Waals surface area contributed by atoms with Gasteiger partial charge in [-0.25, -0.2) is 0 Å². The molecule has 0 radical (unpaired) electrons. The Balaban J connectivity index is 2.13. The zero-order chi connectivity index (χ0) is 15.4. The lowest BCUT2D eigenvalue weighted by Crippen LogP contribution is -2.13. The number of carbonyl (C=O) groups excluding carboxylic acids is 1. The van der Waals surface area contributed by atoms with Crippen molar-refractivity contribution in [2.24, 2.45) is 0 Å². The molecule has 0 aromatic heterocycles. The van der Waals surface area contributed by atoms with Crippen LogP contribution in [0.5, 0.6) is 11.5 Å². The molecule has 0 spiro atoms. The minimum Gasteiger partial charge on any atom is -0.496 e. The van der Waals surface area contributed by atoms with Crippen molar-refractivity contribution < 1.29 is 14.3 Å². The van der Waals surface area contributed by atoms with Crippen molar-refractivity contribution in [3.8, 4) is 11.5 Å². The first-order valence-corrected chi connectivity index (χ1v) is 7.02. The third-order valence-corrected chi connectivity index (χ3v) is 3.46. The van der Waals surface area contributed by atoms with Gasteiger partial charge < -0.3 is 9.47 Å². The zero-order valence-corrected chi connectivity index (χ0v) is 13.2. The Kier molecular flexibility index (Phi) is 5.10. The van der Waals surface area contributed by atoms with Crippen LogP contribution in [0.15, 0.2) is 36.4 Å². The summed E-state index contributed by atoms with van der Waals surface area (Å²) in [5.41, 5.74) is 1.49. The topological polar surface area (TPSA) is 35.5 Å². The molecule has 0 fully saturated rings. The third kappa shape index (κ3) is 3.90. The molecule has 5 heteroatoms. The Morgan fingerprint density at radius 3 is 2.57 bits per heavy atom. The molecule has 2 aromatic rings. The molecule has 0 N–H and O–H groups in total. The normalized spacial score (nSPS) is 10.3. The fourth-order valence-electron chi connectivity index (χ4n) is 1.84. The van der Waals surface area contributed by atoms with Gasteiger partial charge in [0.1, 0.15) is 11.5 Å². The fourth-order valence-corrected chi connectivity index (χ4v) is 2.17. The highest BCUT2D eigenvalue weighted by molar-refractivity contribution is 6.34. The van der Waals surface area contributed by atoms with E-state index in [1.165, 1.54) is 7.11 Å². The molecule has 0 unspecified atom stereocenters. The summed E-state index contributed by atoms with van der Waals surface area (Å²) in [6.07, 6.45) is 0. The van der Waals surface area contributed by atoms with E-state index in [0.717, 1.165) is 5.56 Å². The molecule has 2 aromatic carbocycles. The highest BCUT2D eigenvalue weighted by atomic mass is 35.5. The van der Waals surface area contributed by atoms with E-state index in [9.17, 15) is 4.79 Å². The largest absolute Gasteiger partial charge is 0.496 e. The number of ether oxygens (including phenoxy) is 2. The number of carbonyl (C=O) groups is 1. The zero-order valence-electron chi connectivity index (χ0n) is 11.7. The van der Waals surface area contributed by atoms with Crippen molar-refractivity contribution in [2.75, 3.05) is 13.7 Å². The summed E-state index contributed by atoms with van der Waals surface area (Å²) in [6.45, 7) is 1.79. The van der Waals surface area contributed by atoms with E-state index in [0.29, 0.717) is 27.1 Å². The van der Waals surface area contributed by atoms with E-state index in [1.54, 1.807) is 30.3 Å². The van der Waals surface area contributed by atoms with E-state index in [4.69, 9.17) is 32.7 Å². The Morgan fingerprint density at radius 1 is 1.10 bits per heavy atom. The van der Waals surface area contributed by atoms with E-state index in [-0.39, 0.29) is 12.4 Å². The van der Waals surface area contributed by atoms with Crippen molar-refractivity contribution in [3.63, 3.8) is 0 Å². The summed E-state index contributed by atoms with van der Waals surface area (Å²) in [5, 5.41) is 0.901. The first kappa shape index (κ1) is 15.7. The molecular formula is C16H14Cl2O3. The quantitative estimate of drug-likeness (QED) is 0.755. The average Bonchev–Trinajstić information content (AvgIpc) is 2.47. The minimum absolute atomic E-state index is 0.139. The van der Waals surface area contributed by atoms with E-state index in [2.05, 4.69) is 0 Å². The maximum Gasteiger partial charge on any atom is 0.203 e. The molecule has 0 saturated heterocycles. The summed E-state index contributed by atoms with van der Waals surface area (Å²) >= 11 is 11.9. The first-order chi connectivity index (χ1) is 10.0. The van der Waals surface area contributed by atoms with Crippen molar-refractivity contribution in [2.45, 2.75) is 6.92 Å². The lowest BCUT2D eigenvalue weighted by atomic mass is 10.1. The molecule has 0 aliphatic heterocycles. The minimum atomic E-state index is -0.192. The van der Waals surface area contributed by atoms with Crippen molar-refractivity contribution >= 4 is 29.0 Å². The smallest absolute Gasteiger partial charge is 0.203 e. The Labute approximate surface area is 133 Å². The molecule has 0 heterocycles. The maximum atomic E-state index is 12.2. The predicted molar refractivity (Wildman–Crippen MR) is 84.0 cm³/mol. The number of Topliss-reactive ketones (excluding diaryl/α,β-unsaturated/α-hetero) is 1. The lowest BCUT2D eigenvalue weighted by Gasteiger charge is -2.10. The van der Waals surface area contributed by atoms with Gasteiger partial charge in [0.2, 0.25) is 5.78 Å². The molecule has 0 aliphatic rings. The molecule has 0 atom stereocenters. The number of halogens is 2. The summed E-state index contributed by atoms with van der Waals surface area (Å²) in [5.74, 6) is 0.715. The highest BCUT2D eigenvalue weighted by Gasteiger charge is 2.14. The molecule has 0 aliphatic carbocycles. The number of ketones is 1. The lowest BCUT2D eigenvalue weighted by molar-refractivity contribution is 0.0918. The molecule has 110 valence electrons. The second-order valence-corrected chi connectivity index (χ2v) is 5.33. The van der Waals surface area contributed by atoms with Gasteiger partial charge in [-0.1, -0.05) is 29.3 Å². The Hall–Kier alpha value is -1.71. The van der Waals surface area contributed by atoms with Crippen LogP contribution in [0.4, 0.5) is 0 Å². The molecule has 0 saturated carbocycles. The first-order valence-electron chi connectivity index (χ1n) is 6.27. The van der Waals surface area contributed by atoms with Gasteiger partial charge in [-0.3, -0.25) is 4.79 Å². The standard InChI is InChI=1S/C16H14Cl2O3/c1-10-3-5-12(15(7-10)20-2)14(19)9-21-16-8-11(17)4-6-13(16)18/h3-8H,9H2,1-2H3. The number of hydrogen-bond acceptors (Lipinski definition) is 3. The van der Waals surface area contributed by atoms with Gasteiger partial charge in [0.15, 0.2) is 6.61 Å². The number of rotatable bonds is 5. The van der Waals surface area contributed by atoms with Crippen LogP contribution in [0, 0.1) is 6.92 Å². The maximum absolute atomic E-state index is 12.2. The number of aryl methyl sites for hydroxylation is 1. The molecule has 2 rings (SSSR count). The number of benzene rings is 2. The predicted octanol–water partition coefficient (Wildman–Crippen LogP) is 4.57. The average molecular weight is 325 g/mol. The second-order valence-electron chi connectivity index (χ2n) is 4.49. The van der Waals surface area contributed by atoms with Crippen LogP contribution >= 0.6 is 23.2 Å². The molecule has 3 nitrogen and oxygen atoms in total. The number of hydrogen-bond donors (Lipinski definition) is 0. The van der Waals surface area contributed by atoms with Gasteiger partial charge in [-0.15, -0.1) is 0 Å². The molecule has 21 heavy (non-hydrogen) atoms. The van der Waals surface area contributed by atoms with Gasteiger partial charge in [0.25, 0.3) is 0 Å². The fraction of sp³-hybridized carbons (Fsp3) is 0.188. The van der Waals surface area contributed by atoms with E-state index < -0.39 is 0 Å². The van der Waals surface area contributed by atoms with Crippen molar-refractivity contribution in [3.05, 3.63) is 57.6 Å². The summed E-state index contributed by atoms with van der Waals surface area (Å²) in [7, 11) is 1.53. The molecule has 0 amide bonds. The van der Waals surface area contributed by atoms with Crippen LogP contribution in [-0.4, -0.2) is 19.5 Å². The van der Waals surface area contributed by atoms with Gasteiger partial charge in [0, 0.05) is 11.1 Å². The Morgan fingerprint density at radius 2 is 1.86 bits per heavy atom. The van der Waals surface area contributed by atoms with E-state index in [1.807, 2.05) is 13.0 Å². The Bertz CT molecular complexity index is 669. The summed E-state index contributed by atoms with van der Waals surface area (Å²) in [6, 6.07) is 10.2.